The maximum atomic E-state index is 10.7. The van der Waals surface area contributed by atoms with Crippen LogP contribution < -0.4 is 0 Å². The lowest BCUT2D eigenvalue weighted by Crippen LogP contribution is -1.96. The van der Waals surface area contributed by atoms with Gasteiger partial charge in [0.1, 0.15) is 4.88 Å². The second kappa shape index (κ2) is 8.04. The molecule has 0 radical (unpaired) electrons. The molecule has 0 unspecified atom stereocenters. The van der Waals surface area contributed by atoms with E-state index in [1.165, 1.54) is 18.4 Å². The number of thiophene rings is 1. The molecule has 0 fully saturated rings. The van der Waals surface area contributed by atoms with Crippen LogP contribution in [0.15, 0.2) is 26.3 Å². The van der Waals surface area contributed by atoms with Crippen LogP contribution in [-0.4, -0.2) is 33.7 Å². The summed E-state index contributed by atoms with van der Waals surface area (Å²) in [7, 11) is -2.90. The number of methoxy groups -OCH3 is 1. The van der Waals surface area contributed by atoms with Crippen LogP contribution >= 0.6 is 11.3 Å². The van der Waals surface area contributed by atoms with Crippen molar-refractivity contribution in [3.63, 3.8) is 0 Å². The minimum Gasteiger partial charge on any atom is -0.465 e. The maximum absolute atomic E-state index is 10.7. The van der Waals surface area contributed by atoms with Crippen LogP contribution in [0.3, 0.4) is 0 Å². The highest BCUT2D eigenvalue weighted by molar-refractivity contribution is 7.89. The van der Waals surface area contributed by atoms with E-state index in [-0.39, 0.29) is 5.97 Å². The van der Waals surface area contributed by atoms with E-state index >= 15 is 0 Å². The Morgan fingerprint density at radius 1 is 1.33 bits per heavy atom. The van der Waals surface area contributed by atoms with Crippen LogP contribution in [0, 0.1) is 0 Å². The molecule has 0 aliphatic rings. The molecule has 0 saturated carbocycles. The van der Waals surface area contributed by atoms with E-state index in [0.29, 0.717) is 17.0 Å². The zero-order chi connectivity index (χ0) is 14.0. The van der Waals surface area contributed by atoms with Gasteiger partial charge >= 0.3 is 16.2 Å². The molecular weight excluding hydrogens is 284 g/mol. The van der Waals surface area contributed by atoms with Gasteiger partial charge < -0.3 is 4.74 Å². The Morgan fingerprint density at radius 3 is 2.22 bits per heavy atom. The largest absolute Gasteiger partial charge is 0.465 e. The van der Waals surface area contributed by atoms with E-state index in [0.717, 1.165) is 0 Å². The molecule has 0 N–H and O–H groups in total. The normalized spacial score (nSPS) is 8.94. The molecule has 0 aliphatic heterocycles. The molecule has 0 atom stereocenters. The number of hydrogen-bond donors (Lipinski definition) is 0. The fraction of sp³-hybridized carbons (Fsp3) is 0.125. The number of nitrogens with zero attached hydrogens (tertiary/aromatic N) is 2. The zero-order valence-electron chi connectivity index (χ0n) is 8.89. The summed E-state index contributed by atoms with van der Waals surface area (Å²) in [5.74, 6) is -0.259. The molecule has 96 valence electrons. The van der Waals surface area contributed by atoms with Gasteiger partial charge in [0.15, 0.2) is 0 Å². The van der Waals surface area contributed by atoms with Crippen LogP contribution in [-0.2, 0) is 24.5 Å². The Balaban J connectivity index is 0.000000321. The fourth-order valence-electron chi connectivity index (χ4n) is 0.610. The minimum atomic E-state index is -4.28. The first-order chi connectivity index (χ1) is 8.46. The number of carbonyl (C=O) groups excluding carboxylic acids is 3. The van der Waals surface area contributed by atoms with Gasteiger partial charge in [-0.1, -0.05) is 14.9 Å². The minimum absolute atomic E-state index is 0.259. The van der Waals surface area contributed by atoms with Gasteiger partial charge in [-0.15, -0.1) is 11.3 Å². The lowest BCUT2D eigenvalue weighted by atomic mass is 10.5. The molecule has 8 nitrogen and oxygen atoms in total. The van der Waals surface area contributed by atoms with Crippen molar-refractivity contribution in [1.29, 1.82) is 0 Å². The maximum Gasteiger partial charge on any atom is 0.383 e. The van der Waals surface area contributed by atoms with E-state index < -0.39 is 10.2 Å². The Kier molecular flexibility index (Phi) is 7.10. The van der Waals surface area contributed by atoms with Gasteiger partial charge in [-0.25, -0.2) is 14.4 Å². The van der Waals surface area contributed by atoms with Crippen molar-refractivity contribution in [3.05, 3.63) is 22.4 Å². The summed E-state index contributed by atoms with van der Waals surface area (Å²) in [6.45, 7) is 0. The second-order valence-corrected chi connectivity index (χ2v) is 4.49. The third-order valence-corrected chi connectivity index (χ3v) is 2.67. The van der Waals surface area contributed by atoms with Crippen LogP contribution in [0.1, 0.15) is 9.67 Å². The Morgan fingerprint density at radius 2 is 1.89 bits per heavy atom. The summed E-state index contributed by atoms with van der Waals surface area (Å²) in [5.41, 5.74) is 0. The van der Waals surface area contributed by atoms with Crippen molar-refractivity contribution in [2.75, 3.05) is 7.11 Å². The number of rotatable bonds is 3. The van der Waals surface area contributed by atoms with Crippen LogP contribution in [0.4, 0.5) is 0 Å². The van der Waals surface area contributed by atoms with Gasteiger partial charge in [0.25, 0.3) is 12.2 Å². The molecule has 0 spiro atoms. The van der Waals surface area contributed by atoms with Crippen LogP contribution in [0.2, 0.25) is 0 Å². The zero-order valence-corrected chi connectivity index (χ0v) is 10.5. The highest BCUT2D eigenvalue weighted by Gasteiger charge is 2.03. The van der Waals surface area contributed by atoms with Gasteiger partial charge in [-0.2, -0.15) is 8.42 Å². The lowest BCUT2D eigenvalue weighted by molar-refractivity contribution is 0.0606. The topological polar surface area (TPSA) is 119 Å². The quantitative estimate of drug-likeness (QED) is 0.452. The smallest absolute Gasteiger partial charge is 0.383 e. The van der Waals surface area contributed by atoms with Gasteiger partial charge in [0.05, 0.1) is 7.11 Å². The van der Waals surface area contributed by atoms with E-state index in [2.05, 4.69) is 13.5 Å². The predicted octanol–water partition coefficient (Wildman–Crippen LogP) is 0.438. The number of carbonyl (C=O) groups is 1. The van der Waals surface area contributed by atoms with Crippen molar-refractivity contribution >= 4 is 39.7 Å². The van der Waals surface area contributed by atoms with Crippen LogP contribution in [0.5, 0.6) is 0 Å². The van der Waals surface area contributed by atoms with Gasteiger partial charge in [-0.3, -0.25) is 0 Å². The van der Waals surface area contributed by atoms with Gasteiger partial charge in [0.2, 0.25) is 0 Å². The fourth-order valence-corrected chi connectivity index (χ4v) is 1.48. The summed E-state index contributed by atoms with van der Waals surface area (Å²) in [6.07, 6.45) is 1.41. The molecule has 18 heavy (non-hydrogen) atoms. The van der Waals surface area contributed by atoms with E-state index in [1.54, 1.807) is 6.07 Å². The second-order valence-electron chi connectivity index (χ2n) is 2.28. The van der Waals surface area contributed by atoms with Crippen molar-refractivity contribution in [1.82, 2.24) is 0 Å². The Hall–Kier alpha value is -2.12. The number of ether oxygens (including phenoxy) is 1. The Bertz CT molecular complexity index is 555. The summed E-state index contributed by atoms with van der Waals surface area (Å²) < 4.78 is 28.8. The first-order valence-corrected chi connectivity index (χ1v) is 6.29. The highest BCUT2D eigenvalue weighted by atomic mass is 32.2. The number of hydrogen-bond acceptors (Lipinski definition) is 7. The molecule has 10 heteroatoms. The standard InChI is InChI=1S/C6H6O2S.C2N2O4S/c1-8-6(7)5-3-2-4-9-5;5-1-3-9(7,8)4-2-6/h2-4H,1H3;. The molecule has 1 rings (SSSR count). The molecule has 0 amide bonds. The summed E-state index contributed by atoms with van der Waals surface area (Å²) in [5, 5.41) is 1.84. The van der Waals surface area contributed by atoms with E-state index in [1.807, 2.05) is 11.4 Å². The molecule has 1 heterocycles. The van der Waals surface area contributed by atoms with E-state index in [9.17, 15) is 22.8 Å². The predicted molar refractivity (Wildman–Crippen MR) is 60.8 cm³/mol. The summed E-state index contributed by atoms with van der Waals surface area (Å²) in [6, 6.07) is 3.55. The summed E-state index contributed by atoms with van der Waals surface area (Å²) in [4.78, 5) is 29.8. The number of esters is 1. The van der Waals surface area contributed by atoms with Gasteiger partial charge in [-0.05, 0) is 11.4 Å². The van der Waals surface area contributed by atoms with Crippen molar-refractivity contribution < 1.29 is 27.5 Å². The Labute approximate surface area is 106 Å². The molecule has 0 aromatic carbocycles. The van der Waals surface area contributed by atoms with Crippen molar-refractivity contribution in [2.45, 2.75) is 0 Å². The molecule has 0 saturated heterocycles. The van der Waals surface area contributed by atoms with Crippen molar-refractivity contribution in [3.8, 4) is 0 Å². The third kappa shape index (κ3) is 6.46. The molecule has 1 aromatic heterocycles. The molecule has 0 aliphatic carbocycles. The first kappa shape index (κ1) is 15.9. The average molecular weight is 290 g/mol. The lowest BCUT2D eigenvalue weighted by Gasteiger charge is -1.90. The SMILES string of the molecule is COC(=O)c1cccs1.O=C=NS(=O)(=O)N=C=O. The van der Waals surface area contributed by atoms with Crippen molar-refractivity contribution in [2.24, 2.45) is 8.80 Å². The van der Waals surface area contributed by atoms with Gasteiger partial charge in [0, 0.05) is 0 Å². The van der Waals surface area contributed by atoms with E-state index in [4.69, 9.17) is 0 Å². The average Bonchev–Trinajstić information content (AvgIpc) is 2.82. The third-order valence-electron chi connectivity index (χ3n) is 1.21. The highest BCUT2D eigenvalue weighted by Crippen LogP contribution is 2.08. The first-order valence-electron chi connectivity index (χ1n) is 4.02. The monoisotopic (exact) mass is 290 g/mol. The summed E-state index contributed by atoms with van der Waals surface area (Å²) >= 11 is 1.38. The molecular formula is C8H6N2O6S2. The number of isocyanates is 2. The molecule has 0 bridgehead atoms. The molecule has 1 aromatic rings. The van der Waals surface area contributed by atoms with Crippen LogP contribution in [0.25, 0.3) is 0 Å².